The van der Waals surface area contributed by atoms with E-state index in [1.807, 2.05) is 0 Å². The van der Waals surface area contributed by atoms with E-state index >= 15 is 0 Å². The Kier molecular flexibility index (Phi) is 5.23. The molecule has 1 amide bonds. The lowest BCUT2D eigenvalue weighted by Crippen LogP contribution is -2.44. The van der Waals surface area contributed by atoms with Gasteiger partial charge in [0.15, 0.2) is 0 Å². The number of aromatic nitrogens is 2. The molecule has 3 rings (SSSR count). The Morgan fingerprint density at radius 1 is 1.12 bits per heavy atom. The van der Waals surface area contributed by atoms with Crippen molar-refractivity contribution in [2.45, 2.75) is 18.9 Å². The number of likely N-dealkylation sites (tertiary alicyclic amines) is 1. The summed E-state index contributed by atoms with van der Waals surface area (Å²) in [6.45, 7) is 1.04. The van der Waals surface area contributed by atoms with Gasteiger partial charge in [0.2, 0.25) is 0 Å². The first-order valence-electron chi connectivity index (χ1n) is 8.09. The molecule has 130 valence electrons. The third-order valence-electron chi connectivity index (χ3n) is 4.04. The van der Waals surface area contributed by atoms with Crippen LogP contribution in [0.4, 0.5) is 0 Å². The average Bonchev–Trinajstić information content (AvgIpc) is 2.68. The van der Waals surface area contributed by atoms with Crippen LogP contribution >= 0.6 is 0 Å². The molecule has 7 heteroatoms. The number of carbonyl (C=O) groups excluding carboxylic acids is 2. The highest BCUT2D eigenvalue weighted by Crippen LogP contribution is 2.19. The maximum absolute atomic E-state index is 12.9. The van der Waals surface area contributed by atoms with Crippen LogP contribution in [0.15, 0.2) is 42.7 Å². The highest BCUT2D eigenvalue weighted by atomic mass is 16.5. The van der Waals surface area contributed by atoms with Crippen molar-refractivity contribution in [1.82, 2.24) is 14.9 Å². The summed E-state index contributed by atoms with van der Waals surface area (Å²) in [6.07, 6.45) is 4.68. The molecule has 1 aliphatic rings. The third-order valence-corrected chi connectivity index (χ3v) is 4.04. The topological polar surface area (TPSA) is 81.6 Å². The van der Waals surface area contributed by atoms with E-state index in [4.69, 9.17) is 9.47 Å². The quantitative estimate of drug-likeness (QED) is 0.791. The van der Waals surface area contributed by atoms with Crippen molar-refractivity contribution in [2.75, 3.05) is 20.2 Å². The molecule has 0 saturated carbocycles. The van der Waals surface area contributed by atoms with E-state index in [9.17, 15) is 9.59 Å². The van der Waals surface area contributed by atoms with Crippen molar-refractivity contribution < 1.29 is 19.1 Å². The monoisotopic (exact) mass is 341 g/mol. The molecule has 1 aromatic carbocycles. The van der Waals surface area contributed by atoms with Crippen LogP contribution in [-0.4, -0.2) is 53.0 Å². The number of carbonyl (C=O) groups is 2. The second-order valence-electron chi connectivity index (χ2n) is 5.70. The Labute approximate surface area is 145 Å². The van der Waals surface area contributed by atoms with Crippen LogP contribution in [0.5, 0.6) is 6.01 Å². The second kappa shape index (κ2) is 7.74. The lowest BCUT2D eigenvalue weighted by Gasteiger charge is -2.32. The summed E-state index contributed by atoms with van der Waals surface area (Å²) in [4.78, 5) is 34.6. The number of hydrogen-bond acceptors (Lipinski definition) is 6. The highest BCUT2D eigenvalue weighted by molar-refractivity contribution is 6.05. The third kappa shape index (κ3) is 3.93. The Bertz CT molecular complexity index is 751. The maximum Gasteiger partial charge on any atom is 0.338 e. The highest BCUT2D eigenvalue weighted by Gasteiger charge is 2.28. The molecular formula is C18H19N3O4. The molecule has 25 heavy (non-hydrogen) atoms. The number of methoxy groups -OCH3 is 1. The first-order chi connectivity index (χ1) is 12.2. The lowest BCUT2D eigenvalue weighted by molar-refractivity contribution is 0.0502. The average molecular weight is 341 g/mol. The Balaban J connectivity index is 1.73. The fourth-order valence-corrected chi connectivity index (χ4v) is 2.84. The van der Waals surface area contributed by atoms with Crippen molar-refractivity contribution in [3.05, 3.63) is 53.9 Å². The largest absolute Gasteiger partial charge is 0.465 e. The van der Waals surface area contributed by atoms with Gasteiger partial charge in [-0.1, -0.05) is 12.1 Å². The minimum absolute atomic E-state index is 0.176. The van der Waals surface area contributed by atoms with Gasteiger partial charge in [-0.3, -0.25) is 4.79 Å². The van der Waals surface area contributed by atoms with Crippen LogP contribution in [0.3, 0.4) is 0 Å². The fourth-order valence-electron chi connectivity index (χ4n) is 2.84. The van der Waals surface area contributed by atoms with Gasteiger partial charge in [0.05, 0.1) is 24.8 Å². The molecule has 0 aliphatic carbocycles. The van der Waals surface area contributed by atoms with Crippen molar-refractivity contribution in [3.8, 4) is 6.01 Å². The van der Waals surface area contributed by atoms with Crippen molar-refractivity contribution in [3.63, 3.8) is 0 Å². The predicted octanol–water partition coefficient (Wildman–Crippen LogP) is 1.95. The molecule has 1 saturated heterocycles. The van der Waals surface area contributed by atoms with E-state index < -0.39 is 5.97 Å². The van der Waals surface area contributed by atoms with E-state index in [1.54, 1.807) is 47.6 Å². The zero-order chi connectivity index (χ0) is 17.6. The van der Waals surface area contributed by atoms with Gasteiger partial charge in [0.25, 0.3) is 5.91 Å². The normalized spacial score (nSPS) is 17.0. The zero-order valence-electron chi connectivity index (χ0n) is 13.9. The van der Waals surface area contributed by atoms with Crippen molar-refractivity contribution in [1.29, 1.82) is 0 Å². The molecule has 2 aromatic rings. The number of hydrogen-bond donors (Lipinski definition) is 0. The Hall–Kier alpha value is -2.96. The summed E-state index contributed by atoms with van der Waals surface area (Å²) in [7, 11) is 1.30. The van der Waals surface area contributed by atoms with Gasteiger partial charge in [-0.05, 0) is 31.0 Å². The van der Waals surface area contributed by atoms with Crippen LogP contribution in [0, 0.1) is 0 Å². The van der Waals surface area contributed by atoms with E-state index in [0.29, 0.717) is 24.7 Å². The molecule has 0 spiro atoms. The summed E-state index contributed by atoms with van der Waals surface area (Å²) in [5.74, 6) is -0.727. The summed E-state index contributed by atoms with van der Waals surface area (Å²) >= 11 is 0. The SMILES string of the molecule is COC(=O)c1ccccc1C(=O)N1CCCC(Oc2ncccn2)C1. The van der Waals surface area contributed by atoms with Crippen molar-refractivity contribution >= 4 is 11.9 Å². The Morgan fingerprint density at radius 3 is 2.56 bits per heavy atom. The molecule has 0 N–H and O–H groups in total. The second-order valence-corrected chi connectivity index (χ2v) is 5.70. The molecular weight excluding hydrogens is 322 g/mol. The van der Waals surface area contributed by atoms with Crippen molar-refractivity contribution in [2.24, 2.45) is 0 Å². The number of ether oxygens (including phenoxy) is 2. The molecule has 1 aromatic heterocycles. The van der Waals surface area contributed by atoms with E-state index in [0.717, 1.165) is 12.8 Å². The minimum Gasteiger partial charge on any atom is -0.465 e. The number of nitrogens with zero attached hydrogens (tertiary/aromatic N) is 3. The molecule has 0 radical (unpaired) electrons. The molecule has 7 nitrogen and oxygen atoms in total. The summed E-state index contributed by atoms with van der Waals surface area (Å²) in [5.41, 5.74) is 0.607. The van der Waals surface area contributed by atoms with Crippen LogP contribution in [0.1, 0.15) is 33.6 Å². The molecule has 1 atom stereocenters. The number of amides is 1. The minimum atomic E-state index is -0.522. The fraction of sp³-hybridized carbons (Fsp3) is 0.333. The van der Waals surface area contributed by atoms with Crippen LogP contribution in [0.2, 0.25) is 0 Å². The summed E-state index contributed by atoms with van der Waals surface area (Å²) < 4.78 is 10.5. The van der Waals surface area contributed by atoms with Gasteiger partial charge >= 0.3 is 12.0 Å². The van der Waals surface area contributed by atoms with Crippen LogP contribution in [-0.2, 0) is 4.74 Å². The number of piperidine rings is 1. The van der Waals surface area contributed by atoms with E-state index in [-0.39, 0.29) is 17.6 Å². The first-order valence-corrected chi connectivity index (χ1v) is 8.09. The Morgan fingerprint density at radius 2 is 1.84 bits per heavy atom. The van der Waals surface area contributed by atoms with E-state index in [2.05, 4.69) is 9.97 Å². The molecule has 0 bridgehead atoms. The van der Waals surface area contributed by atoms with Crippen LogP contribution < -0.4 is 4.74 Å². The number of rotatable bonds is 4. The first kappa shape index (κ1) is 16.9. The van der Waals surface area contributed by atoms with Gasteiger partial charge in [0.1, 0.15) is 6.10 Å². The number of esters is 1. The molecule has 1 aliphatic heterocycles. The smallest absolute Gasteiger partial charge is 0.338 e. The predicted molar refractivity (Wildman–Crippen MR) is 89.4 cm³/mol. The van der Waals surface area contributed by atoms with Crippen LogP contribution in [0.25, 0.3) is 0 Å². The number of benzene rings is 1. The summed E-state index contributed by atoms with van der Waals surface area (Å²) in [6, 6.07) is 8.69. The standard InChI is InChI=1S/C18H19N3O4/c1-24-17(23)15-8-3-2-7-14(15)16(22)21-11-4-6-13(12-21)25-18-19-9-5-10-20-18/h2-3,5,7-10,13H,4,6,11-12H2,1H3. The molecule has 1 fully saturated rings. The van der Waals surface area contributed by atoms with Gasteiger partial charge in [-0.15, -0.1) is 0 Å². The van der Waals surface area contributed by atoms with Gasteiger partial charge in [0, 0.05) is 18.9 Å². The van der Waals surface area contributed by atoms with Gasteiger partial charge in [-0.25, -0.2) is 14.8 Å². The zero-order valence-corrected chi connectivity index (χ0v) is 13.9. The maximum atomic E-state index is 12.9. The lowest BCUT2D eigenvalue weighted by atomic mass is 10.0. The summed E-state index contributed by atoms with van der Waals surface area (Å²) in [5, 5.41) is 0. The molecule has 1 unspecified atom stereocenters. The van der Waals surface area contributed by atoms with E-state index in [1.165, 1.54) is 7.11 Å². The molecule has 2 heterocycles. The van der Waals surface area contributed by atoms with Gasteiger partial charge in [-0.2, -0.15) is 0 Å². The van der Waals surface area contributed by atoms with Gasteiger partial charge < -0.3 is 14.4 Å².